The van der Waals surface area contributed by atoms with Gasteiger partial charge < -0.3 is 10.2 Å². The van der Waals surface area contributed by atoms with Crippen LogP contribution >= 0.6 is 0 Å². The van der Waals surface area contributed by atoms with Crippen LogP contribution in [0.5, 0.6) is 0 Å². The van der Waals surface area contributed by atoms with Crippen molar-refractivity contribution in [3.8, 4) is 0 Å². The van der Waals surface area contributed by atoms with E-state index in [9.17, 15) is 4.79 Å². The molecule has 3 aromatic rings. The first-order valence-electron chi connectivity index (χ1n) is 7.96. The molecule has 3 heterocycles. The van der Waals surface area contributed by atoms with Gasteiger partial charge in [-0.25, -0.2) is 0 Å². The normalized spacial score (nSPS) is 17.8. The van der Waals surface area contributed by atoms with E-state index in [1.54, 1.807) is 0 Å². The molecule has 0 aliphatic carbocycles. The smallest absolute Gasteiger partial charge is 0.229 e. The van der Waals surface area contributed by atoms with Crippen molar-refractivity contribution >= 4 is 23.1 Å². The molecule has 0 spiro atoms. The number of carbonyl (C=O) groups excluding carboxylic acids is 1. The van der Waals surface area contributed by atoms with Gasteiger partial charge in [0.25, 0.3) is 0 Å². The molecule has 1 fully saturated rings. The van der Waals surface area contributed by atoms with Crippen molar-refractivity contribution in [3.05, 3.63) is 42.5 Å². The van der Waals surface area contributed by atoms with Gasteiger partial charge in [-0.15, -0.1) is 14.8 Å². The quantitative estimate of drug-likeness (QED) is 0.783. The number of anilines is 2. The molecule has 1 N–H and O–H groups in total. The summed E-state index contributed by atoms with van der Waals surface area (Å²) >= 11 is 0. The summed E-state index contributed by atoms with van der Waals surface area (Å²) in [6, 6.07) is 13.3. The Morgan fingerprint density at radius 1 is 1.17 bits per heavy atom. The Labute approximate surface area is 138 Å². The molecule has 2 aromatic heterocycles. The van der Waals surface area contributed by atoms with E-state index in [1.807, 2.05) is 42.5 Å². The number of tetrazole rings is 1. The van der Waals surface area contributed by atoms with Gasteiger partial charge in [-0.2, -0.15) is 0 Å². The lowest BCUT2D eigenvalue weighted by atomic mass is 9.97. The van der Waals surface area contributed by atoms with E-state index in [0.29, 0.717) is 12.2 Å². The minimum absolute atomic E-state index is 0.0504. The van der Waals surface area contributed by atoms with Crippen molar-refractivity contribution in [2.24, 2.45) is 5.92 Å². The Morgan fingerprint density at radius 2 is 2.04 bits per heavy atom. The molecule has 4 rings (SSSR count). The van der Waals surface area contributed by atoms with E-state index < -0.39 is 0 Å². The van der Waals surface area contributed by atoms with E-state index >= 15 is 0 Å². The number of carbonyl (C=O) groups is 1. The maximum Gasteiger partial charge on any atom is 0.229 e. The monoisotopic (exact) mass is 323 g/mol. The zero-order valence-corrected chi connectivity index (χ0v) is 13.0. The van der Waals surface area contributed by atoms with Crippen LogP contribution in [0.25, 0.3) is 5.65 Å². The number of para-hydroxylation sites is 1. The van der Waals surface area contributed by atoms with Gasteiger partial charge in [0.2, 0.25) is 5.91 Å². The average Bonchev–Trinajstić information content (AvgIpc) is 3.10. The maximum atomic E-state index is 12.5. The lowest BCUT2D eigenvalue weighted by Crippen LogP contribution is -2.41. The Morgan fingerprint density at radius 3 is 2.92 bits per heavy atom. The predicted molar refractivity (Wildman–Crippen MR) is 88.6 cm³/mol. The molecular formula is C16H17N7O. The predicted octanol–water partition coefficient (Wildman–Crippen LogP) is 1.37. The minimum atomic E-state index is -0.0645. The third-order valence-electron chi connectivity index (χ3n) is 4.21. The van der Waals surface area contributed by atoms with Crippen molar-refractivity contribution in [1.82, 2.24) is 25.3 Å². The molecule has 1 saturated heterocycles. The van der Waals surface area contributed by atoms with Crippen LogP contribution in [0.3, 0.4) is 0 Å². The van der Waals surface area contributed by atoms with Crippen LogP contribution in [0.4, 0.5) is 11.5 Å². The number of amides is 1. The summed E-state index contributed by atoms with van der Waals surface area (Å²) in [5.74, 6) is 0.770. The molecule has 24 heavy (non-hydrogen) atoms. The first-order valence-corrected chi connectivity index (χ1v) is 7.96. The molecule has 122 valence electrons. The van der Waals surface area contributed by atoms with Crippen molar-refractivity contribution in [3.63, 3.8) is 0 Å². The van der Waals surface area contributed by atoms with Crippen LogP contribution < -0.4 is 10.2 Å². The van der Waals surface area contributed by atoms with Crippen LogP contribution in [0.15, 0.2) is 42.5 Å². The summed E-state index contributed by atoms with van der Waals surface area (Å²) in [4.78, 5) is 14.6. The number of fused-ring (bicyclic) bond motifs is 1. The molecule has 1 atom stereocenters. The fourth-order valence-electron chi connectivity index (χ4n) is 2.97. The van der Waals surface area contributed by atoms with Gasteiger partial charge in [0.15, 0.2) is 11.5 Å². The van der Waals surface area contributed by atoms with E-state index in [0.717, 1.165) is 30.9 Å². The van der Waals surface area contributed by atoms with Gasteiger partial charge in [-0.1, -0.05) is 18.2 Å². The third-order valence-corrected chi connectivity index (χ3v) is 4.21. The minimum Gasteiger partial charge on any atom is -0.354 e. The highest BCUT2D eigenvalue weighted by atomic mass is 16.1. The summed E-state index contributed by atoms with van der Waals surface area (Å²) in [7, 11) is 0. The maximum absolute atomic E-state index is 12.5. The number of nitrogens with one attached hydrogen (secondary N) is 1. The summed E-state index contributed by atoms with van der Waals surface area (Å²) < 4.78 is 1.41. The summed E-state index contributed by atoms with van der Waals surface area (Å²) in [6.45, 7) is 1.51. The SMILES string of the molecule is O=C(Nc1ccccc1)[C@H]1CCCN(c2ccc3nnnn3n2)C1. The van der Waals surface area contributed by atoms with Gasteiger partial charge >= 0.3 is 0 Å². The molecule has 1 aliphatic rings. The highest BCUT2D eigenvalue weighted by molar-refractivity contribution is 5.93. The molecule has 1 amide bonds. The highest BCUT2D eigenvalue weighted by Crippen LogP contribution is 2.22. The molecule has 8 nitrogen and oxygen atoms in total. The van der Waals surface area contributed by atoms with E-state index in [2.05, 4.69) is 30.8 Å². The number of benzene rings is 1. The summed E-state index contributed by atoms with van der Waals surface area (Å²) in [6.07, 6.45) is 1.82. The van der Waals surface area contributed by atoms with E-state index in [-0.39, 0.29) is 11.8 Å². The van der Waals surface area contributed by atoms with E-state index in [1.165, 1.54) is 4.63 Å². The molecule has 8 heteroatoms. The van der Waals surface area contributed by atoms with Gasteiger partial charge in [0.1, 0.15) is 0 Å². The second kappa shape index (κ2) is 6.23. The zero-order chi connectivity index (χ0) is 16.4. The second-order valence-electron chi connectivity index (χ2n) is 5.86. The third kappa shape index (κ3) is 2.90. The molecule has 1 aliphatic heterocycles. The number of aromatic nitrogens is 5. The number of hydrogen-bond donors (Lipinski definition) is 1. The molecule has 1 aromatic carbocycles. The first kappa shape index (κ1) is 14.6. The molecular weight excluding hydrogens is 306 g/mol. The lowest BCUT2D eigenvalue weighted by molar-refractivity contribution is -0.120. The van der Waals surface area contributed by atoms with Crippen LogP contribution in [0.1, 0.15) is 12.8 Å². The Hall–Kier alpha value is -3.03. The fourth-order valence-corrected chi connectivity index (χ4v) is 2.97. The average molecular weight is 323 g/mol. The molecule has 0 bridgehead atoms. The summed E-state index contributed by atoms with van der Waals surface area (Å²) in [5, 5.41) is 18.7. The standard InChI is InChI=1S/C16H17N7O/c24-16(17-13-6-2-1-3-7-13)12-5-4-10-22(11-12)15-9-8-14-18-20-21-23(14)19-15/h1-3,6-9,12H,4-5,10-11H2,(H,17,24)/t12-/m0/s1. The highest BCUT2D eigenvalue weighted by Gasteiger charge is 2.27. The second-order valence-corrected chi connectivity index (χ2v) is 5.86. The Balaban J connectivity index is 1.47. The Kier molecular flexibility index (Phi) is 3.78. The number of hydrogen-bond acceptors (Lipinski definition) is 6. The Bertz CT molecular complexity index is 848. The summed E-state index contributed by atoms with van der Waals surface area (Å²) in [5.41, 5.74) is 1.43. The van der Waals surface area contributed by atoms with Crippen LogP contribution in [0, 0.1) is 5.92 Å². The van der Waals surface area contributed by atoms with E-state index in [4.69, 9.17) is 0 Å². The van der Waals surface area contributed by atoms with Crippen LogP contribution in [-0.4, -0.2) is 44.3 Å². The molecule has 0 radical (unpaired) electrons. The van der Waals surface area contributed by atoms with Gasteiger partial charge in [0, 0.05) is 18.8 Å². The first-order chi connectivity index (χ1) is 11.8. The van der Waals surface area contributed by atoms with Crippen LogP contribution in [-0.2, 0) is 4.79 Å². The van der Waals surface area contributed by atoms with Gasteiger partial charge in [0.05, 0.1) is 5.92 Å². The van der Waals surface area contributed by atoms with Crippen LogP contribution in [0.2, 0.25) is 0 Å². The zero-order valence-electron chi connectivity index (χ0n) is 13.0. The molecule has 0 unspecified atom stereocenters. The number of piperidine rings is 1. The van der Waals surface area contributed by atoms with Gasteiger partial charge in [-0.3, -0.25) is 4.79 Å². The number of rotatable bonds is 3. The molecule has 0 saturated carbocycles. The van der Waals surface area contributed by atoms with Gasteiger partial charge in [-0.05, 0) is 47.5 Å². The van der Waals surface area contributed by atoms with Crippen molar-refractivity contribution in [2.75, 3.05) is 23.3 Å². The van der Waals surface area contributed by atoms with Crippen molar-refractivity contribution in [1.29, 1.82) is 0 Å². The topological polar surface area (TPSA) is 88.3 Å². The lowest BCUT2D eigenvalue weighted by Gasteiger charge is -2.32. The largest absolute Gasteiger partial charge is 0.354 e. The van der Waals surface area contributed by atoms with Crippen molar-refractivity contribution in [2.45, 2.75) is 12.8 Å². The van der Waals surface area contributed by atoms with Crippen molar-refractivity contribution < 1.29 is 4.79 Å². The number of nitrogens with zero attached hydrogens (tertiary/aromatic N) is 6. The fraction of sp³-hybridized carbons (Fsp3) is 0.312.